The summed E-state index contributed by atoms with van der Waals surface area (Å²) in [6.45, 7) is 0. The molecule has 1 aliphatic carbocycles. The minimum Gasteiger partial charge on any atom is -0.241 e. The van der Waals surface area contributed by atoms with E-state index in [1.54, 1.807) is 11.3 Å². The second-order valence-corrected chi connectivity index (χ2v) is 7.00. The van der Waals surface area contributed by atoms with Gasteiger partial charge in [0.25, 0.3) is 0 Å². The molecule has 0 bridgehead atoms. The molecule has 0 saturated heterocycles. The molecule has 1 aromatic carbocycles. The van der Waals surface area contributed by atoms with E-state index in [1.807, 2.05) is 6.07 Å². The summed E-state index contributed by atoms with van der Waals surface area (Å²) in [6, 6.07) is 8.33. The topological polar surface area (TPSA) is 12.9 Å². The first-order chi connectivity index (χ1) is 8.81. The lowest BCUT2D eigenvalue weighted by Gasteiger charge is -2.12. The molecule has 1 aliphatic rings. The highest BCUT2D eigenvalue weighted by Crippen LogP contribution is 2.31. The van der Waals surface area contributed by atoms with E-state index in [0.29, 0.717) is 0 Å². The Morgan fingerprint density at radius 3 is 2.83 bits per heavy atom. The summed E-state index contributed by atoms with van der Waals surface area (Å²) in [4.78, 5) is 4.66. The maximum Gasteiger partial charge on any atom is 0.0953 e. The third kappa shape index (κ3) is 2.86. The highest BCUT2D eigenvalue weighted by Gasteiger charge is 2.20. The second kappa shape index (κ2) is 5.58. The standard InChI is InChI=1S/C15H18ClNS/c16-12(9-11-5-1-2-6-11)10-15-17-13-7-3-4-8-14(13)18-15/h3-4,7-8,11-12H,1-2,5-6,9-10H2. The molecule has 1 heterocycles. The lowest BCUT2D eigenvalue weighted by Crippen LogP contribution is -2.08. The third-order valence-electron chi connectivity index (χ3n) is 3.80. The van der Waals surface area contributed by atoms with Crippen LogP contribution in [0.15, 0.2) is 24.3 Å². The Balaban J connectivity index is 1.64. The van der Waals surface area contributed by atoms with Gasteiger partial charge in [-0.2, -0.15) is 0 Å². The number of para-hydroxylation sites is 1. The van der Waals surface area contributed by atoms with E-state index in [2.05, 4.69) is 23.2 Å². The predicted octanol–water partition coefficient (Wildman–Crippen LogP) is 5.03. The van der Waals surface area contributed by atoms with Crippen molar-refractivity contribution in [2.45, 2.75) is 43.9 Å². The van der Waals surface area contributed by atoms with Gasteiger partial charge in [-0.05, 0) is 24.5 Å². The lowest BCUT2D eigenvalue weighted by molar-refractivity contribution is 0.488. The minimum absolute atomic E-state index is 0.258. The van der Waals surface area contributed by atoms with Gasteiger partial charge in [0.15, 0.2) is 0 Å². The highest BCUT2D eigenvalue weighted by molar-refractivity contribution is 7.18. The number of hydrogen-bond acceptors (Lipinski definition) is 2. The van der Waals surface area contributed by atoms with Crippen LogP contribution < -0.4 is 0 Å². The van der Waals surface area contributed by atoms with Crippen LogP contribution in [0.2, 0.25) is 0 Å². The summed E-state index contributed by atoms with van der Waals surface area (Å²) >= 11 is 8.28. The van der Waals surface area contributed by atoms with Gasteiger partial charge in [-0.25, -0.2) is 4.98 Å². The minimum atomic E-state index is 0.258. The van der Waals surface area contributed by atoms with E-state index >= 15 is 0 Å². The molecule has 3 heteroatoms. The van der Waals surface area contributed by atoms with Gasteiger partial charge in [-0.3, -0.25) is 0 Å². The molecule has 1 unspecified atom stereocenters. The SMILES string of the molecule is ClC(Cc1nc2ccccc2s1)CC1CCCC1. The van der Waals surface area contributed by atoms with Gasteiger partial charge in [-0.15, -0.1) is 22.9 Å². The fourth-order valence-corrected chi connectivity index (χ4v) is 4.42. The van der Waals surface area contributed by atoms with Crippen molar-refractivity contribution in [3.05, 3.63) is 29.3 Å². The summed E-state index contributed by atoms with van der Waals surface area (Å²) in [5.74, 6) is 0.863. The first-order valence-electron chi connectivity index (χ1n) is 6.80. The molecule has 3 rings (SSSR count). The molecule has 0 aliphatic heterocycles. The van der Waals surface area contributed by atoms with Gasteiger partial charge in [0.1, 0.15) is 0 Å². The van der Waals surface area contributed by atoms with E-state index in [4.69, 9.17) is 11.6 Å². The molecule has 96 valence electrons. The number of halogens is 1. The van der Waals surface area contributed by atoms with E-state index in [1.165, 1.54) is 35.4 Å². The summed E-state index contributed by atoms with van der Waals surface area (Å²) in [5.41, 5.74) is 1.11. The summed E-state index contributed by atoms with van der Waals surface area (Å²) in [7, 11) is 0. The Bertz CT molecular complexity index is 483. The van der Waals surface area contributed by atoms with Gasteiger partial charge in [0.2, 0.25) is 0 Å². The second-order valence-electron chi connectivity index (χ2n) is 5.26. The van der Waals surface area contributed by atoms with Crippen LogP contribution in [-0.4, -0.2) is 10.4 Å². The molecule has 1 saturated carbocycles. The van der Waals surface area contributed by atoms with Gasteiger partial charge in [-0.1, -0.05) is 37.8 Å². The van der Waals surface area contributed by atoms with Crippen LogP contribution >= 0.6 is 22.9 Å². The zero-order chi connectivity index (χ0) is 12.4. The van der Waals surface area contributed by atoms with Crippen LogP contribution in [0, 0.1) is 5.92 Å². The van der Waals surface area contributed by atoms with E-state index in [-0.39, 0.29) is 5.38 Å². The van der Waals surface area contributed by atoms with E-state index in [0.717, 1.165) is 24.3 Å². The molecule has 0 radical (unpaired) electrons. The maximum atomic E-state index is 6.49. The molecular weight excluding hydrogens is 262 g/mol. The molecule has 0 amide bonds. The van der Waals surface area contributed by atoms with Gasteiger partial charge in [0.05, 0.1) is 15.2 Å². The van der Waals surface area contributed by atoms with Crippen molar-refractivity contribution in [3.63, 3.8) is 0 Å². The third-order valence-corrected chi connectivity index (χ3v) is 5.19. The molecular formula is C15H18ClNS. The Morgan fingerprint density at radius 1 is 1.28 bits per heavy atom. The highest BCUT2D eigenvalue weighted by atomic mass is 35.5. The van der Waals surface area contributed by atoms with Crippen molar-refractivity contribution in [3.8, 4) is 0 Å². The molecule has 2 aromatic rings. The monoisotopic (exact) mass is 279 g/mol. The van der Waals surface area contributed by atoms with Gasteiger partial charge >= 0.3 is 0 Å². The Morgan fingerprint density at radius 2 is 2.06 bits per heavy atom. The van der Waals surface area contributed by atoms with Crippen molar-refractivity contribution in [1.29, 1.82) is 0 Å². The smallest absolute Gasteiger partial charge is 0.0953 e. The number of benzene rings is 1. The van der Waals surface area contributed by atoms with Crippen molar-refractivity contribution >= 4 is 33.2 Å². The molecule has 1 atom stereocenters. The van der Waals surface area contributed by atoms with Crippen LogP contribution in [-0.2, 0) is 6.42 Å². The summed E-state index contributed by atoms with van der Waals surface area (Å²) in [5, 5.41) is 1.45. The van der Waals surface area contributed by atoms with Crippen LogP contribution in [0.4, 0.5) is 0 Å². The average Bonchev–Trinajstić information content (AvgIpc) is 2.96. The first kappa shape index (κ1) is 12.4. The number of fused-ring (bicyclic) bond motifs is 1. The van der Waals surface area contributed by atoms with E-state index < -0.39 is 0 Å². The normalized spacial score (nSPS) is 18.5. The number of thiazole rings is 1. The molecule has 18 heavy (non-hydrogen) atoms. The first-order valence-corrected chi connectivity index (χ1v) is 8.05. The Hall–Kier alpha value is -0.600. The Kier molecular flexibility index (Phi) is 3.86. The molecule has 0 spiro atoms. The fourth-order valence-electron chi connectivity index (χ4n) is 2.89. The summed E-state index contributed by atoms with van der Waals surface area (Å²) in [6.07, 6.45) is 7.64. The largest absolute Gasteiger partial charge is 0.241 e. The van der Waals surface area contributed by atoms with Crippen LogP contribution in [0.1, 0.15) is 37.1 Å². The van der Waals surface area contributed by atoms with E-state index in [9.17, 15) is 0 Å². The van der Waals surface area contributed by atoms with Crippen molar-refractivity contribution in [2.24, 2.45) is 5.92 Å². The van der Waals surface area contributed by atoms with Gasteiger partial charge < -0.3 is 0 Å². The fraction of sp³-hybridized carbons (Fsp3) is 0.533. The maximum absolute atomic E-state index is 6.49. The molecule has 0 N–H and O–H groups in total. The zero-order valence-electron chi connectivity index (χ0n) is 10.4. The quantitative estimate of drug-likeness (QED) is 0.716. The zero-order valence-corrected chi connectivity index (χ0v) is 12.0. The van der Waals surface area contributed by atoms with Crippen molar-refractivity contribution in [2.75, 3.05) is 0 Å². The Labute approximate surface area is 117 Å². The van der Waals surface area contributed by atoms with Crippen molar-refractivity contribution < 1.29 is 0 Å². The molecule has 1 nitrogen and oxygen atoms in total. The predicted molar refractivity (Wildman–Crippen MR) is 79.5 cm³/mol. The number of hydrogen-bond donors (Lipinski definition) is 0. The van der Waals surface area contributed by atoms with Crippen LogP contribution in [0.5, 0.6) is 0 Å². The average molecular weight is 280 g/mol. The van der Waals surface area contributed by atoms with Crippen LogP contribution in [0.25, 0.3) is 10.2 Å². The molecule has 1 aromatic heterocycles. The molecule has 1 fully saturated rings. The number of rotatable bonds is 4. The number of alkyl halides is 1. The number of aromatic nitrogens is 1. The number of nitrogens with zero attached hydrogens (tertiary/aromatic N) is 1. The summed E-state index contributed by atoms with van der Waals surface area (Å²) < 4.78 is 1.28. The lowest BCUT2D eigenvalue weighted by atomic mass is 10.0. The van der Waals surface area contributed by atoms with Crippen LogP contribution in [0.3, 0.4) is 0 Å². The van der Waals surface area contributed by atoms with Crippen molar-refractivity contribution in [1.82, 2.24) is 4.98 Å². The van der Waals surface area contributed by atoms with Gasteiger partial charge in [0, 0.05) is 11.8 Å².